The summed E-state index contributed by atoms with van der Waals surface area (Å²) >= 11 is 0. The number of aromatic hydroxyl groups is 1. The van der Waals surface area contributed by atoms with Gasteiger partial charge < -0.3 is 9.52 Å². The summed E-state index contributed by atoms with van der Waals surface area (Å²) in [5.74, 6) is 0.0422. The molecule has 0 bridgehead atoms. The molecule has 0 aliphatic carbocycles. The van der Waals surface area contributed by atoms with Crippen molar-refractivity contribution in [2.45, 2.75) is 0 Å². The molecule has 1 N–H and O–H groups in total. The highest BCUT2D eigenvalue weighted by atomic mass is 19.1. The third kappa shape index (κ3) is 2.16. The number of hydrogen-bond acceptors (Lipinski definition) is 3. The molecule has 4 heteroatoms. The van der Waals surface area contributed by atoms with E-state index in [1.165, 1.54) is 24.3 Å². The van der Waals surface area contributed by atoms with Gasteiger partial charge in [0, 0.05) is 22.4 Å². The van der Waals surface area contributed by atoms with Crippen LogP contribution < -0.4 is 5.43 Å². The fourth-order valence-corrected chi connectivity index (χ4v) is 2.72. The van der Waals surface area contributed by atoms with Gasteiger partial charge in [0.05, 0.1) is 5.39 Å². The van der Waals surface area contributed by atoms with Crippen LogP contribution in [0.4, 0.5) is 4.39 Å². The highest BCUT2D eigenvalue weighted by Crippen LogP contribution is 2.33. The van der Waals surface area contributed by atoms with Crippen molar-refractivity contribution in [2.24, 2.45) is 0 Å². The Morgan fingerprint density at radius 2 is 1.57 bits per heavy atom. The van der Waals surface area contributed by atoms with Crippen LogP contribution in [0.25, 0.3) is 33.1 Å². The van der Waals surface area contributed by atoms with Gasteiger partial charge in [0.2, 0.25) is 0 Å². The van der Waals surface area contributed by atoms with Crippen molar-refractivity contribution < 1.29 is 13.9 Å². The lowest BCUT2D eigenvalue weighted by atomic mass is 10.0. The van der Waals surface area contributed by atoms with Gasteiger partial charge in [0.1, 0.15) is 22.9 Å². The molecule has 3 aromatic carbocycles. The maximum Gasteiger partial charge on any atom is 0.193 e. The molecule has 0 atom stereocenters. The molecule has 0 aliphatic rings. The predicted octanol–water partition coefficient (Wildman–Crippen LogP) is 4.46. The summed E-state index contributed by atoms with van der Waals surface area (Å²) in [6.45, 7) is 0. The van der Waals surface area contributed by atoms with E-state index in [1.807, 2.05) is 6.07 Å². The molecule has 1 heterocycles. The van der Waals surface area contributed by atoms with Crippen LogP contribution >= 0.6 is 0 Å². The number of phenolic OH excluding ortho intramolecular Hbond substituents is 1. The summed E-state index contributed by atoms with van der Waals surface area (Å²) in [6, 6.07) is 15.7. The van der Waals surface area contributed by atoms with E-state index in [2.05, 4.69) is 0 Å². The van der Waals surface area contributed by atoms with Crippen LogP contribution in [0.2, 0.25) is 0 Å². The van der Waals surface area contributed by atoms with Gasteiger partial charge >= 0.3 is 0 Å². The Labute approximate surface area is 130 Å². The third-order valence-corrected chi connectivity index (χ3v) is 3.84. The van der Waals surface area contributed by atoms with Crippen LogP contribution in [0.15, 0.2) is 69.9 Å². The molecular weight excluding hydrogens is 295 g/mol. The van der Waals surface area contributed by atoms with E-state index in [4.69, 9.17) is 4.42 Å². The average molecular weight is 306 g/mol. The van der Waals surface area contributed by atoms with Crippen LogP contribution in [0.1, 0.15) is 0 Å². The topological polar surface area (TPSA) is 50.4 Å². The number of fused-ring (bicyclic) bond motifs is 3. The van der Waals surface area contributed by atoms with Crippen LogP contribution in [0.3, 0.4) is 0 Å². The van der Waals surface area contributed by atoms with E-state index in [9.17, 15) is 14.3 Å². The lowest BCUT2D eigenvalue weighted by Crippen LogP contribution is -2.00. The first-order valence-corrected chi connectivity index (χ1v) is 7.08. The highest BCUT2D eigenvalue weighted by Gasteiger charge is 2.12. The zero-order chi connectivity index (χ0) is 16.0. The molecule has 0 spiro atoms. The minimum atomic E-state index is -0.354. The smallest absolute Gasteiger partial charge is 0.193 e. The average Bonchev–Trinajstić information content (AvgIpc) is 2.57. The summed E-state index contributed by atoms with van der Waals surface area (Å²) in [5, 5.41) is 11.7. The van der Waals surface area contributed by atoms with E-state index in [-0.39, 0.29) is 17.0 Å². The molecule has 0 fully saturated rings. The number of rotatable bonds is 1. The van der Waals surface area contributed by atoms with E-state index < -0.39 is 0 Å². The van der Waals surface area contributed by atoms with Gasteiger partial charge in [-0.2, -0.15) is 0 Å². The maximum absolute atomic E-state index is 13.1. The minimum absolute atomic E-state index is 0.0370. The Hall–Kier alpha value is -3.14. The molecule has 0 saturated carbocycles. The van der Waals surface area contributed by atoms with Gasteiger partial charge in [-0.1, -0.05) is 24.3 Å². The Morgan fingerprint density at radius 3 is 2.30 bits per heavy atom. The summed E-state index contributed by atoms with van der Waals surface area (Å²) in [7, 11) is 0. The summed E-state index contributed by atoms with van der Waals surface area (Å²) < 4.78 is 19.0. The molecule has 0 saturated heterocycles. The summed E-state index contributed by atoms with van der Waals surface area (Å²) in [6.07, 6.45) is 0. The quantitative estimate of drug-likeness (QED) is 0.528. The fourth-order valence-electron chi connectivity index (χ4n) is 2.72. The van der Waals surface area contributed by atoms with E-state index in [0.717, 1.165) is 0 Å². The highest BCUT2D eigenvalue weighted by molar-refractivity contribution is 6.07. The van der Waals surface area contributed by atoms with Gasteiger partial charge in [-0.15, -0.1) is 0 Å². The Balaban J connectivity index is 2.10. The van der Waals surface area contributed by atoms with Crippen molar-refractivity contribution in [3.8, 4) is 17.1 Å². The predicted molar refractivity (Wildman–Crippen MR) is 87.0 cm³/mol. The molecule has 0 radical (unpaired) electrons. The lowest BCUT2D eigenvalue weighted by molar-refractivity contribution is 0.482. The van der Waals surface area contributed by atoms with E-state index in [0.29, 0.717) is 33.1 Å². The molecule has 1 aromatic heterocycles. The van der Waals surface area contributed by atoms with Crippen molar-refractivity contribution in [1.82, 2.24) is 0 Å². The van der Waals surface area contributed by atoms with E-state index in [1.54, 1.807) is 30.3 Å². The number of halogens is 1. The second kappa shape index (κ2) is 4.95. The molecule has 0 amide bonds. The van der Waals surface area contributed by atoms with Crippen LogP contribution in [0.5, 0.6) is 5.75 Å². The van der Waals surface area contributed by atoms with Crippen molar-refractivity contribution in [2.75, 3.05) is 0 Å². The minimum Gasteiger partial charge on any atom is -0.507 e. The summed E-state index contributed by atoms with van der Waals surface area (Å²) in [4.78, 5) is 12.4. The lowest BCUT2D eigenvalue weighted by Gasteiger charge is -2.07. The Morgan fingerprint density at radius 1 is 0.870 bits per heavy atom. The van der Waals surface area contributed by atoms with Gasteiger partial charge in [-0.3, -0.25) is 4.79 Å². The molecule has 0 unspecified atom stereocenters. The first kappa shape index (κ1) is 13.5. The maximum atomic E-state index is 13.1. The van der Waals surface area contributed by atoms with Crippen LogP contribution in [-0.4, -0.2) is 5.11 Å². The van der Waals surface area contributed by atoms with Crippen molar-refractivity contribution in [3.63, 3.8) is 0 Å². The molecular formula is C19H11FO3. The standard InChI is InChI=1S/C19H11FO3/c20-12-7-5-11(6-8-12)18-10-17(22)15-9-16(21)13-3-1-2-4-14(13)19(15)23-18/h1-10,21H. The monoisotopic (exact) mass is 306 g/mol. The van der Waals surface area contributed by atoms with Gasteiger partial charge in [-0.25, -0.2) is 4.39 Å². The first-order valence-electron chi connectivity index (χ1n) is 7.08. The largest absolute Gasteiger partial charge is 0.507 e. The zero-order valence-corrected chi connectivity index (χ0v) is 11.9. The van der Waals surface area contributed by atoms with Gasteiger partial charge in [-0.05, 0) is 30.3 Å². The fraction of sp³-hybridized carbons (Fsp3) is 0. The first-order chi connectivity index (χ1) is 11.1. The third-order valence-electron chi connectivity index (χ3n) is 3.84. The molecule has 23 heavy (non-hydrogen) atoms. The molecule has 112 valence electrons. The van der Waals surface area contributed by atoms with Crippen molar-refractivity contribution >= 4 is 21.7 Å². The molecule has 3 nitrogen and oxygen atoms in total. The molecule has 0 aliphatic heterocycles. The zero-order valence-electron chi connectivity index (χ0n) is 11.9. The second-order valence-corrected chi connectivity index (χ2v) is 5.30. The van der Waals surface area contributed by atoms with Crippen LogP contribution in [0, 0.1) is 5.82 Å². The van der Waals surface area contributed by atoms with Gasteiger partial charge in [0.25, 0.3) is 0 Å². The van der Waals surface area contributed by atoms with Crippen molar-refractivity contribution in [1.29, 1.82) is 0 Å². The number of benzene rings is 3. The normalized spacial score (nSPS) is 11.2. The number of phenols is 1. The van der Waals surface area contributed by atoms with Crippen LogP contribution in [-0.2, 0) is 0 Å². The second-order valence-electron chi connectivity index (χ2n) is 5.30. The number of hydrogen-bond donors (Lipinski definition) is 1. The van der Waals surface area contributed by atoms with Gasteiger partial charge in [0.15, 0.2) is 5.43 Å². The van der Waals surface area contributed by atoms with Crippen molar-refractivity contribution in [3.05, 3.63) is 76.7 Å². The van der Waals surface area contributed by atoms with E-state index >= 15 is 0 Å². The summed E-state index contributed by atoms with van der Waals surface area (Å²) in [5.41, 5.74) is 0.763. The SMILES string of the molecule is O=c1cc(-c2ccc(F)cc2)oc2c1cc(O)c1ccccc12. The molecule has 4 aromatic rings. The Kier molecular flexibility index (Phi) is 2.91. The molecule has 4 rings (SSSR count). The Bertz CT molecular complexity index is 1100.